The number of nitro benzene ring substituents is 1. The third-order valence-corrected chi connectivity index (χ3v) is 3.15. The Labute approximate surface area is 108 Å². The first-order valence-corrected chi connectivity index (χ1v) is 6.13. The minimum absolute atomic E-state index is 0.0718. The van der Waals surface area contributed by atoms with E-state index in [2.05, 4.69) is 15.9 Å². The number of likely N-dealkylation sites (N-methyl/N-ethyl adjacent to an activating group) is 1. The van der Waals surface area contributed by atoms with Crippen LogP contribution in [-0.2, 0) is 6.54 Å². The van der Waals surface area contributed by atoms with Crippen LogP contribution in [0.15, 0.2) is 22.7 Å². The normalized spacial score (nSPS) is 10.8. The predicted octanol–water partition coefficient (Wildman–Crippen LogP) is 2.17. The van der Waals surface area contributed by atoms with Crippen LogP contribution >= 0.6 is 15.9 Å². The fraction of sp³-hybridized carbons (Fsp3) is 0.455. The monoisotopic (exact) mass is 302 g/mol. The van der Waals surface area contributed by atoms with E-state index in [1.807, 2.05) is 17.9 Å². The van der Waals surface area contributed by atoms with Gasteiger partial charge in [-0.2, -0.15) is 0 Å². The number of hydrogen-bond acceptors (Lipinski definition) is 4. The molecule has 0 aliphatic rings. The SMILES string of the molecule is CCN(CCO)Cc1ccc(Br)c([N+](=O)[O-])c1. The molecule has 17 heavy (non-hydrogen) atoms. The average molecular weight is 303 g/mol. The summed E-state index contributed by atoms with van der Waals surface area (Å²) in [5.74, 6) is 0. The molecule has 0 aromatic heterocycles. The topological polar surface area (TPSA) is 66.6 Å². The van der Waals surface area contributed by atoms with Gasteiger partial charge in [0.25, 0.3) is 5.69 Å². The summed E-state index contributed by atoms with van der Waals surface area (Å²) in [5.41, 5.74) is 0.942. The molecule has 0 aliphatic carbocycles. The summed E-state index contributed by atoms with van der Waals surface area (Å²) in [6.07, 6.45) is 0. The summed E-state index contributed by atoms with van der Waals surface area (Å²) < 4.78 is 0.483. The number of nitrogens with zero attached hydrogens (tertiary/aromatic N) is 2. The summed E-state index contributed by atoms with van der Waals surface area (Å²) in [6, 6.07) is 5.08. The number of aliphatic hydroxyl groups excluding tert-OH is 1. The number of hydrogen-bond donors (Lipinski definition) is 1. The molecule has 5 nitrogen and oxygen atoms in total. The summed E-state index contributed by atoms with van der Waals surface area (Å²) >= 11 is 3.15. The summed E-state index contributed by atoms with van der Waals surface area (Å²) in [4.78, 5) is 12.4. The van der Waals surface area contributed by atoms with Crippen molar-refractivity contribution < 1.29 is 10.0 Å². The quantitative estimate of drug-likeness (QED) is 0.646. The maximum atomic E-state index is 10.8. The van der Waals surface area contributed by atoms with Crippen molar-refractivity contribution in [3.63, 3.8) is 0 Å². The highest BCUT2D eigenvalue weighted by atomic mass is 79.9. The van der Waals surface area contributed by atoms with Gasteiger partial charge in [0.15, 0.2) is 0 Å². The zero-order valence-electron chi connectivity index (χ0n) is 9.60. The molecule has 1 rings (SSSR count). The van der Waals surface area contributed by atoms with E-state index >= 15 is 0 Å². The molecule has 0 aliphatic heterocycles. The van der Waals surface area contributed by atoms with Crippen LogP contribution in [0.2, 0.25) is 0 Å². The smallest absolute Gasteiger partial charge is 0.283 e. The van der Waals surface area contributed by atoms with Crippen molar-refractivity contribution in [1.29, 1.82) is 0 Å². The zero-order valence-corrected chi connectivity index (χ0v) is 11.2. The van der Waals surface area contributed by atoms with Crippen LogP contribution in [0, 0.1) is 10.1 Å². The maximum Gasteiger partial charge on any atom is 0.283 e. The summed E-state index contributed by atoms with van der Waals surface area (Å²) in [6.45, 7) is 4.05. The molecule has 0 fully saturated rings. The van der Waals surface area contributed by atoms with Crippen LogP contribution in [0.25, 0.3) is 0 Å². The van der Waals surface area contributed by atoms with Gasteiger partial charge in [-0.1, -0.05) is 13.0 Å². The molecule has 1 aromatic carbocycles. The third kappa shape index (κ3) is 4.07. The van der Waals surface area contributed by atoms with Crippen LogP contribution in [-0.4, -0.2) is 34.6 Å². The van der Waals surface area contributed by atoms with E-state index in [1.165, 1.54) is 0 Å². The van der Waals surface area contributed by atoms with Crippen molar-refractivity contribution in [1.82, 2.24) is 4.90 Å². The van der Waals surface area contributed by atoms with E-state index in [0.29, 0.717) is 17.6 Å². The average Bonchev–Trinajstić information content (AvgIpc) is 2.30. The molecule has 0 unspecified atom stereocenters. The Morgan fingerprint density at radius 1 is 1.53 bits per heavy atom. The minimum atomic E-state index is -0.407. The van der Waals surface area contributed by atoms with Gasteiger partial charge in [-0.3, -0.25) is 15.0 Å². The van der Waals surface area contributed by atoms with Gasteiger partial charge in [-0.05, 0) is 34.1 Å². The lowest BCUT2D eigenvalue weighted by molar-refractivity contribution is -0.385. The predicted molar refractivity (Wildman–Crippen MR) is 68.8 cm³/mol. The second-order valence-electron chi connectivity index (χ2n) is 3.64. The van der Waals surface area contributed by atoms with E-state index in [4.69, 9.17) is 5.11 Å². The Morgan fingerprint density at radius 3 is 2.76 bits per heavy atom. The van der Waals surface area contributed by atoms with Crippen molar-refractivity contribution >= 4 is 21.6 Å². The van der Waals surface area contributed by atoms with Crippen molar-refractivity contribution in [2.24, 2.45) is 0 Å². The second-order valence-corrected chi connectivity index (χ2v) is 4.49. The molecule has 1 N–H and O–H groups in total. The van der Waals surface area contributed by atoms with Crippen molar-refractivity contribution in [3.05, 3.63) is 38.3 Å². The summed E-state index contributed by atoms with van der Waals surface area (Å²) in [5, 5.41) is 19.7. The highest BCUT2D eigenvalue weighted by Crippen LogP contribution is 2.26. The second kappa shape index (κ2) is 6.68. The first kappa shape index (κ1) is 14.1. The van der Waals surface area contributed by atoms with Gasteiger partial charge in [0, 0.05) is 19.2 Å². The van der Waals surface area contributed by atoms with Crippen molar-refractivity contribution in [2.75, 3.05) is 19.7 Å². The van der Waals surface area contributed by atoms with Gasteiger partial charge in [-0.15, -0.1) is 0 Å². The van der Waals surface area contributed by atoms with Crippen LogP contribution in [0.3, 0.4) is 0 Å². The Hall–Kier alpha value is -0.980. The molecule has 0 amide bonds. The number of benzene rings is 1. The molecule has 0 atom stereocenters. The van der Waals surface area contributed by atoms with E-state index in [-0.39, 0.29) is 12.3 Å². The Bertz CT molecular complexity index is 398. The van der Waals surface area contributed by atoms with Crippen molar-refractivity contribution in [3.8, 4) is 0 Å². The van der Waals surface area contributed by atoms with Gasteiger partial charge in [0.1, 0.15) is 0 Å². The Balaban J connectivity index is 2.84. The van der Waals surface area contributed by atoms with Crippen LogP contribution in [0.1, 0.15) is 12.5 Å². The molecule has 0 heterocycles. The van der Waals surface area contributed by atoms with Gasteiger partial charge in [-0.25, -0.2) is 0 Å². The minimum Gasteiger partial charge on any atom is -0.395 e. The maximum absolute atomic E-state index is 10.8. The lowest BCUT2D eigenvalue weighted by atomic mass is 10.2. The van der Waals surface area contributed by atoms with Gasteiger partial charge < -0.3 is 5.11 Å². The molecule has 0 radical (unpaired) electrons. The first-order chi connectivity index (χ1) is 8.08. The molecule has 1 aromatic rings. The molecule has 0 bridgehead atoms. The molecule has 94 valence electrons. The van der Waals surface area contributed by atoms with E-state index in [9.17, 15) is 10.1 Å². The first-order valence-electron chi connectivity index (χ1n) is 5.34. The van der Waals surface area contributed by atoms with E-state index < -0.39 is 4.92 Å². The standard InChI is InChI=1S/C11H15BrN2O3/c1-2-13(5-6-15)8-9-3-4-10(12)11(7-9)14(16)17/h3-4,7,15H,2,5-6,8H2,1H3. The van der Waals surface area contributed by atoms with Crippen molar-refractivity contribution in [2.45, 2.75) is 13.5 Å². The van der Waals surface area contributed by atoms with E-state index in [1.54, 1.807) is 12.1 Å². The number of aliphatic hydroxyl groups is 1. The molecule has 0 saturated carbocycles. The van der Waals surface area contributed by atoms with Crippen LogP contribution in [0.5, 0.6) is 0 Å². The highest BCUT2D eigenvalue weighted by Gasteiger charge is 2.13. The molecule has 0 saturated heterocycles. The number of nitro groups is 1. The third-order valence-electron chi connectivity index (χ3n) is 2.48. The number of halogens is 1. The fourth-order valence-corrected chi connectivity index (χ4v) is 1.94. The lowest BCUT2D eigenvalue weighted by Gasteiger charge is -2.18. The van der Waals surface area contributed by atoms with E-state index in [0.717, 1.165) is 12.1 Å². The fourth-order valence-electron chi connectivity index (χ4n) is 1.55. The van der Waals surface area contributed by atoms with Crippen LogP contribution in [0.4, 0.5) is 5.69 Å². The molecular formula is C11H15BrN2O3. The van der Waals surface area contributed by atoms with Gasteiger partial charge >= 0.3 is 0 Å². The number of rotatable bonds is 6. The molecule has 0 spiro atoms. The van der Waals surface area contributed by atoms with Gasteiger partial charge in [0.2, 0.25) is 0 Å². The zero-order chi connectivity index (χ0) is 12.8. The Morgan fingerprint density at radius 2 is 2.24 bits per heavy atom. The highest BCUT2D eigenvalue weighted by molar-refractivity contribution is 9.10. The Kier molecular flexibility index (Phi) is 5.54. The largest absolute Gasteiger partial charge is 0.395 e. The lowest BCUT2D eigenvalue weighted by Crippen LogP contribution is -2.26. The molecular weight excluding hydrogens is 288 g/mol. The van der Waals surface area contributed by atoms with Gasteiger partial charge in [0.05, 0.1) is 16.0 Å². The summed E-state index contributed by atoms with van der Waals surface area (Å²) in [7, 11) is 0. The van der Waals surface area contributed by atoms with Crippen LogP contribution < -0.4 is 0 Å². The molecule has 6 heteroatoms.